The summed E-state index contributed by atoms with van der Waals surface area (Å²) in [6.07, 6.45) is -4.39. The van der Waals surface area contributed by atoms with Crippen LogP contribution < -0.4 is 9.47 Å². The van der Waals surface area contributed by atoms with Crippen molar-refractivity contribution >= 4 is 5.97 Å². The van der Waals surface area contributed by atoms with Gasteiger partial charge in [-0.05, 0) is 47.9 Å². The SMILES string of the molecule is O=C(O)CCC1Cc2cc(-c3cc(OC(F)(F)F)ccc3F)ccc2O1. The van der Waals surface area contributed by atoms with Gasteiger partial charge in [-0.2, -0.15) is 0 Å². The van der Waals surface area contributed by atoms with Crippen LogP contribution in [0.4, 0.5) is 17.6 Å². The summed E-state index contributed by atoms with van der Waals surface area (Å²) in [4.78, 5) is 10.6. The number of fused-ring (bicyclic) bond motifs is 1. The molecule has 138 valence electrons. The van der Waals surface area contributed by atoms with Gasteiger partial charge in [0.05, 0.1) is 0 Å². The lowest BCUT2D eigenvalue weighted by Crippen LogP contribution is -2.17. The Hall–Kier alpha value is -2.77. The molecule has 0 amide bonds. The summed E-state index contributed by atoms with van der Waals surface area (Å²) >= 11 is 0. The van der Waals surface area contributed by atoms with Crippen LogP contribution in [0.15, 0.2) is 36.4 Å². The summed E-state index contributed by atoms with van der Waals surface area (Å²) in [5.41, 5.74) is 1.11. The van der Waals surface area contributed by atoms with Crippen molar-refractivity contribution in [1.82, 2.24) is 0 Å². The fourth-order valence-electron chi connectivity index (χ4n) is 2.86. The maximum atomic E-state index is 14.1. The van der Waals surface area contributed by atoms with Crippen molar-refractivity contribution in [2.75, 3.05) is 0 Å². The molecule has 1 N–H and O–H groups in total. The van der Waals surface area contributed by atoms with E-state index in [4.69, 9.17) is 9.84 Å². The summed E-state index contributed by atoms with van der Waals surface area (Å²) in [6.45, 7) is 0. The molecule has 2 aromatic rings. The van der Waals surface area contributed by atoms with Crippen molar-refractivity contribution in [2.45, 2.75) is 31.7 Å². The normalized spacial score (nSPS) is 16.1. The second-order valence-electron chi connectivity index (χ2n) is 5.89. The second-order valence-corrected chi connectivity index (χ2v) is 5.89. The molecule has 1 unspecified atom stereocenters. The van der Waals surface area contributed by atoms with E-state index in [0.717, 1.165) is 23.8 Å². The molecule has 0 saturated heterocycles. The van der Waals surface area contributed by atoms with E-state index in [1.54, 1.807) is 12.1 Å². The molecule has 0 spiro atoms. The molecule has 1 atom stereocenters. The molecule has 0 radical (unpaired) electrons. The van der Waals surface area contributed by atoms with Crippen molar-refractivity contribution in [3.05, 3.63) is 47.8 Å². The number of aliphatic carboxylic acids is 1. The van der Waals surface area contributed by atoms with Gasteiger partial charge in [-0.25, -0.2) is 4.39 Å². The number of alkyl halides is 3. The molecule has 3 rings (SSSR count). The van der Waals surface area contributed by atoms with E-state index in [1.807, 2.05) is 0 Å². The van der Waals surface area contributed by atoms with E-state index < -0.39 is 23.9 Å². The first-order valence-corrected chi connectivity index (χ1v) is 7.78. The Morgan fingerprint density at radius 2 is 2.00 bits per heavy atom. The first kappa shape index (κ1) is 18.0. The Labute approximate surface area is 146 Å². The van der Waals surface area contributed by atoms with Crippen LogP contribution in [-0.4, -0.2) is 23.5 Å². The molecule has 0 fully saturated rings. The van der Waals surface area contributed by atoms with Crippen molar-refractivity contribution in [1.29, 1.82) is 0 Å². The number of benzene rings is 2. The third kappa shape index (κ3) is 4.25. The van der Waals surface area contributed by atoms with Crippen LogP contribution in [0.2, 0.25) is 0 Å². The second kappa shape index (κ2) is 6.86. The first-order chi connectivity index (χ1) is 12.2. The molecule has 1 heterocycles. The molecule has 4 nitrogen and oxygen atoms in total. The van der Waals surface area contributed by atoms with Crippen LogP contribution >= 0.6 is 0 Å². The summed E-state index contributed by atoms with van der Waals surface area (Å²) in [5.74, 6) is -1.55. The highest BCUT2D eigenvalue weighted by Crippen LogP contribution is 2.36. The van der Waals surface area contributed by atoms with Gasteiger partial charge < -0.3 is 14.6 Å². The number of carboxylic acid groups (broad SMARTS) is 1. The quantitative estimate of drug-likeness (QED) is 0.784. The number of ether oxygens (including phenoxy) is 2. The van der Waals surface area contributed by atoms with E-state index in [-0.39, 0.29) is 18.1 Å². The summed E-state index contributed by atoms with van der Waals surface area (Å²) in [7, 11) is 0. The standard InChI is InChI=1S/C18H14F4O4/c19-15-4-2-13(26-18(20,21)22)9-14(15)10-1-5-16-11(7-10)8-12(25-16)3-6-17(23)24/h1-2,4-5,7,9,12H,3,6,8H2,(H,23,24). The summed E-state index contributed by atoms with van der Waals surface area (Å²) in [6, 6.07) is 7.57. The lowest BCUT2D eigenvalue weighted by molar-refractivity contribution is -0.274. The highest BCUT2D eigenvalue weighted by Gasteiger charge is 2.31. The number of hydrogen-bond acceptors (Lipinski definition) is 3. The molecule has 0 aromatic heterocycles. The minimum Gasteiger partial charge on any atom is -0.490 e. The van der Waals surface area contributed by atoms with E-state index >= 15 is 0 Å². The van der Waals surface area contributed by atoms with Gasteiger partial charge in [0.1, 0.15) is 23.4 Å². The van der Waals surface area contributed by atoms with Crippen LogP contribution in [-0.2, 0) is 11.2 Å². The third-order valence-corrected chi connectivity index (χ3v) is 3.96. The van der Waals surface area contributed by atoms with Gasteiger partial charge in [0.2, 0.25) is 0 Å². The molecular formula is C18H14F4O4. The average molecular weight is 370 g/mol. The highest BCUT2D eigenvalue weighted by atomic mass is 19.4. The van der Waals surface area contributed by atoms with Gasteiger partial charge >= 0.3 is 12.3 Å². The molecule has 0 bridgehead atoms. The Morgan fingerprint density at radius 1 is 1.23 bits per heavy atom. The molecule has 8 heteroatoms. The van der Waals surface area contributed by atoms with E-state index in [9.17, 15) is 22.4 Å². The fraction of sp³-hybridized carbons (Fsp3) is 0.278. The predicted molar refractivity (Wildman–Crippen MR) is 83.5 cm³/mol. The third-order valence-electron chi connectivity index (χ3n) is 3.96. The average Bonchev–Trinajstić information content (AvgIpc) is 2.95. The molecule has 2 aromatic carbocycles. The van der Waals surface area contributed by atoms with Gasteiger partial charge in [0.15, 0.2) is 0 Å². The molecule has 0 saturated carbocycles. The van der Waals surface area contributed by atoms with Gasteiger partial charge in [-0.1, -0.05) is 6.07 Å². The van der Waals surface area contributed by atoms with E-state index in [0.29, 0.717) is 24.2 Å². The minimum atomic E-state index is -4.86. The number of carbonyl (C=O) groups is 1. The maximum Gasteiger partial charge on any atom is 0.573 e. The topological polar surface area (TPSA) is 55.8 Å². The Balaban J connectivity index is 1.83. The molecule has 0 aliphatic carbocycles. The Bertz CT molecular complexity index is 832. The van der Waals surface area contributed by atoms with Crippen LogP contribution in [0.3, 0.4) is 0 Å². The van der Waals surface area contributed by atoms with Gasteiger partial charge in [0, 0.05) is 18.4 Å². The molecule has 26 heavy (non-hydrogen) atoms. The van der Waals surface area contributed by atoms with Crippen LogP contribution in [0.25, 0.3) is 11.1 Å². The zero-order valence-corrected chi connectivity index (χ0v) is 13.3. The Kier molecular flexibility index (Phi) is 4.76. The largest absolute Gasteiger partial charge is 0.573 e. The van der Waals surface area contributed by atoms with Gasteiger partial charge in [-0.3, -0.25) is 4.79 Å². The minimum absolute atomic E-state index is 0.0245. The monoisotopic (exact) mass is 370 g/mol. The van der Waals surface area contributed by atoms with E-state index in [2.05, 4.69) is 4.74 Å². The molecule has 1 aliphatic heterocycles. The highest BCUT2D eigenvalue weighted by molar-refractivity contribution is 5.68. The van der Waals surface area contributed by atoms with Gasteiger partial charge in [-0.15, -0.1) is 13.2 Å². The number of hydrogen-bond donors (Lipinski definition) is 1. The van der Waals surface area contributed by atoms with Gasteiger partial charge in [0.25, 0.3) is 0 Å². The van der Waals surface area contributed by atoms with Crippen molar-refractivity contribution in [2.24, 2.45) is 0 Å². The number of rotatable bonds is 5. The lowest BCUT2D eigenvalue weighted by Gasteiger charge is -2.11. The summed E-state index contributed by atoms with van der Waals surface area (Å²) in [5, 5.41) is 8.73. The maximum absolute atomic E-state index is 14.1. The Morgan fingerprint density at radius 3 is 2.69 bits per heavy atom. The van der Waals surface area contributed by atoms with Crippen molar-refractivity contribution in [3.8, 4) is 22.6 Å². The summed E-state index contributed by atoms with van der Waals surface area (Å²) < 4.78 is 60.6. The first-order valence-electron chi connectivity index (χ1n) is 7.78. The van der Waals surface area contributed by atoms with E-state index in [1.165, 1.54) is 6.07 Å². The van der Waals surface area contributed by atoms with Crippen LogP contribution in [0, 0.1) is 5.82 Å². The van der Waals surface area contributed by atoms with Crippen molar-refractivity contribution in [3.63, 3.8) is 0 Å². The smallest absolute Gasteiger partial charge is 0.490 e. The fourth-order valence-corrected chi connectivity index (χ4v) is 2.86. The number of halogens is 4. The zero-order valence-electron chi connectivity index (χ0n) is 13.3. The van der Waals surface area contributed by atoms with Crippen LogP contribution in [0.5, 0.6) is 11.5 Å². The molecular weight excluding hydrogens is 356 g/mol. The zero-order chi connectivity index (χ0) is 18.9. The predicted octanol–water partition coefficient (Wildman–Crippen LogP) is 4.56. The van der Waals surface area contributed by atoms with Crippen LogP contribution in [0.1, 0.15) is 18.4 Å². The number of carboxylic acids is 1. The van der Waals surface area contributed by atoms with Crippen molar-refractivity contribution < 1.29 is 36.9 Å². The molecule has 1 aliphatic rings. The lowest BCUT2D eigenvalue weighted by atomic mass is 9.99.